The number of carbonyl (C=O) groups is 1. The summed E-state index contributed by atoms with van der Waals surface area (Å²) in [4.78, 5) is 15.9. The van der Waals surface area contributed by atoms with Crippen LogP contribution < -0.4 is 5.43 Å². The molecule has 0 radical (unpaired) electrons. The molecule has 1 amide bonds. The zero-order valence-corrected chi connectivity index (χ0v) is 12.1. The molecule has 1 aromatic heterocycles. The number of carbonyl (C=O) groups excluding carboxylic acids is 1. The van der Waals surface area contributed by atoms with Crippen molar-refractivity contribution in [3.05, 3.63) is 71.6 Å². The molecular weight excluding hydrogens is 262 g/mol. The van der Waals surface area contributed by atoms with Crippen molar-refractivity contribution in [3.63, 3.8) is 0 Å². The van der Waals surface area contributed by atoms with Gasteiger partial charge in [0.25, 0.3) is 5.91 Å². The van der Waals surface area contributed by atoms with Gasteiger partial charge < -0.3 is 0 Å². The molecular formula is C17H17N3O. The van der Waals surface area contributed by atoms with Gasteiger partial charge >= 0.3 is 0 Å². The first-order chi connectivity index (χ1) is 10.1. The number of pyridine rings is 1. The summed E-state index contributed by atoms with van der Waals surface area (Å²) in [5, 5.41) is 4.04. The van der Waals surface area contributed by atoms with Gasteiger partial charge in [-0.1, -0.05) is 36.4 Å². The van der Waals surface area contributed by atoms with E-state index in [0.29, 0.717) is 11.3 Å². The van der Waals surface area contributed by atoms with Crippen LogP contribution in [0.5, 0.6) is 0 Å². The topological polar surface area (TPSA) is 54.4 Å². The number of nitrogens with zero attached hydrogens (tertiary/aromatic N) is 2. The molecule has 0 saturated carbocycles. The first kappa shape index (κ1) is 14.7. The van der Waals surface area contributed by atoms with Gasteiger partial charge in [0.1, 0.15) is 0 Å². The van der Waals surface area contributed by atoms with E-state index in [1.54, 1.807) is 12.1 Å². The summed E-state index contributed by atoms with van der Waals surface area (Å²) in [6.07, 6.45) is 5.33. The van der Waals surface area contributed by atoms with E-state index in [0.717, 1.165) is 11.3 Å². The van der Waals surface area contributed by atoms with E-state index in [-0.39, 0.29) is 5.91 Å². The van der Waals surface area contributed by atoms with Crippen LogP contribution in [0.4, 0.5) is 0 Å². The fraction of sp³-hybridized carbons (Fsp3) is 0.118. The van der Waals surface area contributed by atoms with Crippen LogP contribution >= 0.6 is 0 Å². The largest absolute Gasteiger partial charge is 0.272 e. The van der Waals surface area contributed by atoms with E-state index in [4.69, 9.17) is 0 Å². The second kappa shape index (κ2) is 7.14. The minimum atomic E-state index is -0.269. The number of nitrogens with one attached hydrogen (secondary N) is 1. The van der Waals surface area contributed by atoms with Crippen molar-refractivity contribution in [3.8, 4) is 0 Å². The molecule has 21 heavy (non-hydrogen) atoms. The molecule has 4 heteroatoms. The molecule has 0 aliphatic heterocycles. The molecule has 0 bridgehead atoms. The highest BCUT2D eigenvalue weighted by atomic mass is 16.2. The van der Waals surface area contributed by atoms with Crippen LogP contribution in [0.1, 0.15) is 28.5 Å². The lowest BCUT2D eigenvalue weighted by atomic mass is 10.2. The van der Waals surface area contributed by atoms with Crippen molar-refractivity contribution in [2.24, 2.45) is 5.10 Å². The van der Waals surface area contributed by atoms with Crippen molar-refractivity contribution >= 4 is 17.7 Å². The number of benzene rings is 1. The van der Waals surface area contributed by atoms with E-state index in [1.807, 2.05) is 56.3 Å². The van der Waals surface area contributed by atoms with Gasteiger partial charge in [0.15, 0.2) is 0 Å². The van der Waals surface area contributed by atoms with Crippen LogP contribution in [0, 0.1) is 6.92 Å². The molecule has 2 aromatic rings. The highest BCUT2D eigenvalue weighted by Gasteiger charge is 2.03. The molecule has 1 heterocycles. The Kier molecular flexibility index (Phi) is 4.99. The second-order valence-corrected chi connectivity index (χ2v) is 4.63. The lowest BCUT2D eigenvalue weighted by Gasteiger charge is -2.00. The highest BCUT2D eigenvalue weighted by Crippen LogP contribution is 2.01. The zero-order valence-electron chi connectivity index (χ0n) is 12.1. The number of aryl methyl sites for hydroxylation is 1. The standard InChI is InChI=1S/C17H17N3O/c1-13-9-11-16(12-18-13)17(21)20-19-14(2)8-10-15-6-4-3-5-7-15/h3-12H,1-2H3,(H,20,21)/b10-8+,19-14+. The van der Waals surface area contributed by atoms with Crippen molar-refractivity contribution in [1.82, 2.24) is 10.4 Å². The normalized spacial score (nSPS) is 11.6. The van der Waals surface area contributed by atoms with Gasteiger partial charge in [0.05, 0.1) is 11.3 Å². The Morgan fingerprint density at radius 2 is 1.95 bits per heavy atom. The minimum absolute atomic E-state index is 0.269. The van der Waals surface area contributed by atoms with Gasteiger partial charge in [0, 0.05) is 11.9 Å². The number of hydrazone groups is 1. The molecule has 0 saturated heterocycles. The summed E-state index contributed by atoms with van der Waals surface area (Å²) in [5.74, 6) is -0.269. The Hall–Kier alpha value is -2.75. The molecule has 1 aromatic carbocycles. The number of aromatic nitrogens is 1. The molecule has 106 valence electrons. The Morgan fingerprint density at radius 3 is 2.62 bits per heavy atom. The maximum Gasteiger partial charge on any atom is 0.272 e. The number of amides is 1. The van der Waals surface area contributed by atoms with Gasteiger partial charge in [-0.2, -0.15) is 5.10 Å². The summed E-state index contributed by atoms with van der Waals surface area (Å²) in [6, 6.07) is 13.4. The van der Waals surface area contributed by atoms with Gasteiger partial charge in [-0.25, -0.2) is 5.43 Å². The van der Waals surface area contributed by atoms with Crippen molar-refractivity contribution in [1.29, 1.82) is 0 Å². The number of hydrogen-bond acceptors (Lipinski definition) is 3. The van der Waals surface area contributed by atoms with Gasteiger partial charge in [-0.15, -0.1) is 0 Å². The third-order valence-corrected chi connectivity index (χ3v) is 2.82. The predicted molar refractivity (Wildman–Crippen MR) is 85.0 cm³/mol. The minimum Gasteiger partial charge on any atom is -0.267 e. The predicted octanol–water partition coefficient (Wildman–Crippen LogP) is 3.21. The van der Waals surface area contributed by atoms with Crippen molar-refractivity contribution in [2.75, 3.05) is 0 Å². The van der Waals surface area contributed by atoms with E-state index in [2.05, 4.69) is 15.5 Å². The molecule has 0 unspecified atom stereocenters. The molecule has 0 spiro atoms. The fourth-order valence-electron chi connectivity index (χ4n) is 1.62. The monoisotopic (exact) mass is 279 g/mol. The second-order valence-electron chi connectivity index (χ2n) is 4.63. The summed E-state index contributed by atoms with van der Waals surface area (Å²) in [6.45, 7) is 3.70. The van der Waals surface area contributed by atoms with Gasteiger partial charge in [-0.05, 0) is 37.6 Å². The van der Waals surface area contributed by atoms with Crippen LogP contribution in [0.15, 0.2) is 59.8 Å². The molecule has 0 aliphatic carbocycles. The van der Waals surface area contributed by atoms with E-state index in [9.17, 15) is 4.79 Å². The lowest BCUT2D eigenvalue weighted by Crippen LogP contribution is -2.18. The molecule has 0 atom stereocenters. The first-order valence-corrected chi connectivity index (χ1v) is 6.65. The Bertz CT molecular complexity index is 658. The fourth-order valence-corrected chi connectivity index (χ4v) is 1.62. The summed E-state index contributed by atoms with van der Waals surface area (Å²) < 4.78 is 0. The average Bonchev–Trinajstić information content (AvgIpc) is 2.52. The highest BCUT2D eigenvalue weighted by molar-refractivity contribution is 5.99. The van der Waals surface area contributed by atoms with Crippen LogP contribution in [0.3, 0.4) is 0 Å². The molecule has 0 fully saturated rings. The molecule has 2 rings (SSSR count). The van der Waals surface area contributed by atoms with E-state index in [1.165, 1.54) is 6.20 Å². The quantitative estimate of drug-likeness (QED) is 0.690. The van der Waals surface area contributed by atoms with Crippen LogP contribution in [-0.2, 0) is 0 Å². The molecule has 4 nitrogen and oxygen atoms in total. The Balaban J connectivity index is 1.95. The van der Waals surface area contributed by atoms with E-state index < -0.39 is 0 Å². The first-order valence-electron chi connectivity index (χ1n) is 6.65. The lowest BCUT2D eigenvalue weighted by molar-refractivity contribution is 0.0954. The Labute approximate surface area is 124 Å². The third-order valence-electron chi connectivity index (χ3n) is 2.82. The van der Waals surface area contributed by atoms with E-state index >= 15 is 0 Å². The average molecular weight is 279 g/mol. The summed E-state index contributed by atoms with van der Waals surface area (Å²) >= 11 is 0. The Morgan fingerprint density at radius 1 is 1.19 bits per heavy atom. The van der Waals surface area contributed by atoms with Gasteiger partial charge in [-0.3, -0.25) is 9.78 Å². The van der Waals surface area contributed by atoms with Crippen LogP contribution in [0.25, 0.3) is 6.08 Å². The molecule has 0 aliphatic rings. The number of rotatable bonds is 4. The maximum atomic E-state index is 11.9. The maximum absolute atomic E-state index is 11.9. The van der Waals surface area contributed by atoms with Crippen LogP contribution in [0.2, 0.25) is 0 Å². The number of hydrogen-bond donors (Lipinski definition) is 1. The van der Waals surface area contributed by atoms with Crippen molar-refractivity contribution < 1.29 is 4.79 Å². The smallest absolute Gasteiger partial charge is 0.267 e. The van der Waals surface area contributed by atoms with Crippen molar-refractivity contribution in [2.45, 2.75) is 13.8 Å². The molecule has 1 N–H and O–H groups in total. The number of allylic oxidation sites excluding steroid dienone is 1. The summed E-state index contributed by atoms with van der Waals surface area (Å²) in [5.41, 5.74) is 5.67. The van der Waals surface area contributed by atoms with Gasteiger partial charge in [0.2, 0.25) is 0 Å². The SMILES string of the molecule is CC(/C=C/c1ccccc1)=N\NC(=O)c1ccc(C)nc1. The van der Waals surface area contributed by atoms with Crippen LogP contribution in [-0.4, -0.2) is 16.6 Å². The third kappa shape index (κ3) is 4.69. The summed E-state index contributed by atoms with van der Waals surface area (Å²) in [7, 11) is 0. The zero-order chi connectivity index (χ0) is 15.1.